The van der Waals surface area contributed by atoms with Crippen LogP contribution in [0.2, 0.25) is 0 Å². The van der Waals surface area contributed by atoms with Crippen molar-refractivity contribution in [2.45, 2.75) is 33.1 Å². The van der Waals surface area contributed by atoms with Crippen LogP contribution in [0.4, 0.5) is 0 Å². The Kier molecular flexibility index (Phi) is 13.5. The molecule has 0 aromatic heterocycles. The highest BCUT2D eigenvalue weighted by molar-refractivity contribution is 5.88. The predicted octanol–water partition coefficient (Wildman–Crippen LogP) is 2.10. The second-order valence-electron chi connectivity index (χ2n) is 3.73. The number of carboxylic acid groups (broad SMARTS) is 1. The number of carbonyl (C=O) groups excluding carboxylic acids is 2. The highest BCUT2D eigenvalue weighted by atomic mass is 16.5. The van der Waals surface area contributed by atoms with Gasteiger partial charge in [0.15, 0.2) is 0 Å². The monoisotopic (exact) mass is 286 g/mol. The fourth-order valence-corrected chi connectivity index (χ4v) is 0.890. The molecule has 6 heteroatoms. The number of carboxylic acids is 1. The van der Waals surface area contributed by atoms with Gasteiger partial charge in [-0.05, 0) is 12.8 Å². The van der Waals surface area contributed by atoms with Crippen molar-refractivity contribution < 1.29 is 29.0 Å². The molecule has 0 rings (SSSR count). The number of ether oxygens (including phenoxy) is 2. The minimum atomic E-state index is -1.05. The van der Waals surface area contributed by atoms with Gasteiger partial charge in [0.05, 0.1) is 13.7 Å². The topological polar surface area (TPSA) is 89.9 Å². The van der Waals surface area contributed by atoms with Crippen molar-refractivity contribution in [3.8, 4) is 0 Å². The van der Waals surface area contributed by atoms with Crippen molar-refractivity contribution in [2.24, 2.45) is 0 Å². The first kappa shape index (κ1) is 20.2. The van der Waals surface area contributed by atoms with Crippen LogP contribution in [-0.2, 0) is 23.9 Å². The molecule has 0 bridgehead atoms. The lowest BCUT2D eigenvalue weighted by Crippen LogP contribution is -2.02. The average Bonchev–Trinajstić information content (AvgIpc) is 2.38. The Morgan fingerprint density at radius 1 is 1.30 bits per heavy atom. The minimum absolute atomic E-state index is 0.182. The molecule has 0 atom stereocenters. The fraction of sp³-hybridized carbons (Fsp3) is 0.500. The van der Waals surface area contributed by atoms with E-state index in [9.17, 15) is 14.4 Å². The van der Waals surface area contributed by atoms with E-state index in [1.165, 1.54) is 20.1 Å². The molecule has 6 nitrogen and oxygen atoms in total. The molecule has 0 saturated heterocycles. The summed E-state index contributed by atoms with van der Waals surface area (Å²) in [5, 5.41) is 8.19. The molecular formula is C14H22O6. The summed E-state index contributed by atoms with van der Waals surface area (Å²) in [5.74, 6) is -1.75. The number of esters is 2. The van der Waals surface area contributed by atoms with Crippen LogP contribution in [-0.4, -0.2) is 36.7 Å². The zero-order chi connectivity index (χ0) is 16.0. The molecule has 0 radical (unpaired) electrons. The molecule has 114 valence electrons. The lowest BCUT2D eigenvalue weighted by Gasteiger charge is -1.97. The third kappa shape index (κ3) is 15.9. The van der Waals surface area contributed by atoms with Crippen LogP contribution in [0.25, 0.3) is 0 Å². The molecule has 0 aromatic carbocycles. The van der Waals surface area contributed by atoms with Gasteiger partial charge in [0, 0.05) is 18.6 Å². The molecule has 0 spiro atoms. The van der Waals surface area contributed by atoms with Crippen molar-refractivity contribution in [3.63, 3.8) is 0 Å². The van der Waals surface area contributed by atoms with E-state index < -0.39 is 11.9 Å². The standard InChI is InChI=1S/C8H10O4.C6H12O2/c1-6(8(11)12-2)4-3-5-7(9)10;1-3-4-5-8-6(2)7/h3,5H,1,4H2,2H3,(H,9,10);3-5H2,1-2H3. The third-order valence-corrected chi connectivity index (χ3v) is 1.90. The summed E-state index contributed by atoms with van der Waals surface area (Å²) in [7, 11) is 1.24. The zero-order valence-electron chi connectivity index (χ0n) is 12.2. The number of allylic oxidation sites excluding steroid dienone is 1. The number of hydrogen-bond donors (Lipinski definition) is 1. The molecule has 1 N–H and O–H groups in total. The van der Waals surface area contributed by atoms with Crippen LogP contribution in [0.3, 0.4) is 0 Å². The molecule has 0 unspecified atom stereocenters. The quantitative estimate of drug-likeness (QED) is 0.438. The maximum atomic E-state index is 10.7. The molecular weight excluding hydrogens is 264 g/mol. The highest BCUT2D eigenvalue weighted by Gasteiger charge is 2.03. The number of unbranched alkanes of at least 4 members (excludes halogenated alkanes) is 1. The molecule has 0 heterocycles. The van der Waals surface area contributed by atoms with E-state index in [1.54, 1.807) is 0 Å². The van der Waals surface area contributed by atoms with Crippen LogP contribution in [0.1, 0.15) is 33.1 Å². The highest BCUT2D eigenvalue weighted by Crippen LogP contribution is 2.00. The van der Waals surface area contributed by atoms with E-state index >= 15 is 0 Å². The van der Waals surface area contributed by atoms with Gasteiger partial charge in [-0.3, -0.25) is 4.79 Å². The van der Waals surface area contributed by atoms with Crippen LogP contribution >= 0.6 is 0 Å². The number of rotatable bonds is 7. The first-order valence-corrected chi connectivity index (χ1v) is 6.14. The van der Waals surface area contributed by atoms with Crippen LogP contribution in [0.5, 0.6) is 0 Å². The van der Waals surface area contributed by atoms with E-state index in [1.807, 2.05) is 0 Å². The maximum absolute atomic E-state index is 10.7. The third-order valence-electron chi connectivity index (χ3n) is 1.90. The number of carbonyl (C=O) groups is 3. The Morgan fingerprint density at radius 3 is 2.30 bits per heavy atom. The maximum Gasteiger partial charge on any atom is 0.333 e. The Morgan fingerprint density at radius 2 is 1.90 bits per heavy atom. The summed E-state index contributed by atoms with van der Waals surface area (Å²) in [6.45, 7) is 7.46. The summed E-state index contributed by atoms with van der Waals surface area (Å²) in [6, 6.07) is 0. The van der Waals surface area contributed by atoms with Gasteiger partial charge < -0.3 is 14.6 Å². The van der Waals surface area contributed by atoms with Gasteiger partial charge in [0.1, 0.15) is 0 Å². The number of methoxy groups -OCH3 is 1. The summed E-state index contributed by atoms with van der Waals surface area (Å²) in [5.41, 5.74) is 0.231. The summed E-state index contributed by atoms with van der Waals surface area (Å²) in [4.78, 5) is 30.8. The first-order chi connectivity index (χ1) is 9.34. The van der Waals surface area contributed by atoms with E-state index in [4.69, 9.17) is 5.11 Å². The van der Waals surface area contributed by atoms with Crippen molar-refractivity contribution in [1.29, 1.82) is 0 Å². The van der Waals surface area contributed by atoms with Crippen LogP contribution in [0, 0.1) is 0 Å². The normalized spacial score (nSPS) is 9.35. The average molecular weight is 286 g/mol. The first-order valence-electron chi connectivity index (χ1n) is 6.14. The molecule has 0 amide bonds. The van der Waals surface area contributed by atoms with Gasteiger partial charge in [-0.2, -0.15) is 0 Å². The van der Waals surface area contributed by atoms with Gasteiger partial charge in [-0.15, -0.1) is 0 Å². The second kappa shape index (κ2) is 13.3. The SMILES string of the molecule is C=C(CC=CC(=O)O)C(=O)OC.CCCCOC(C)=O. The van der Waals surface area contributed by atoms with Crippen molar-refractivity contribution in [2.75, 3.05) is 13.7 Å². The molecule has 0 aliphatic heterocycles. The number of hydrogen-bond acceptors (Lipinski definition) is 5. The van der Waals surface area contributed by atoms with E-state index in [0.29, 0.717) is 6.61 Å². The summed E-state index contributed by atoms with van der Waals surface area (Å²) < 4.78 is 8.99. The Hall–Kier alpha value is -2.11. The number of aliphatic carboxylic acids is 1. The van der Waals surface area contributed by atoms with Crippen molar-refractivity contribution in [3.05, 3.63) is 24.3 Å². The van der Waals surface area contributed by atoms with E-state index in [2.05, 4.69) is 23.0 Å². The van der Waals surface area contributed by atoms with Crippen LogP contribution < -0.4 is 0 Å². The van der Waals surface area contributed by atoms with E-state index in [0.717, 1.165) is 18.9 Å². The Balaban J connectivity index is 0. The largest absolute Gasteiger partial charge is 0.478 e. The van der Waals surface area contributed by atoms with Gasteiger partial charge in [0.2, 0.25) is 0 Å². The lowest BCUT2D eigenvalue weighted by atomic mass is 10.2. The van der Waals surface area contributed by atoms with Gasteiger partial charge >= 0.3 is 17.9 Å². The second-order valence-corrected chi connectivity index (χ2v) is 3.73. The minimum Gasteiger partial charge on any atom is -0.478 e. The predicted molar refractivity (Wildman–Crippen MR) is 74.1 cm³/mol. The molecule has 0 fully saturated rings. The Bertz CT molecular complexity index is 357. The molecule has 0 aliphatic rings. The van der Waals surface area contributed by atoms with Gasteiger partial charge in [-0.1, -0.05) is 26.0 Å². The van der Waals surface area contributed by atoms with Gasteiger partial charge in [-0.25, -0.2) is 9.59 Å². The smallest absolute Gasteiger partial charge is 0.333 e. The molecule has 0 aliphatic carbocycles. The molecule has 20 heavy (non-hydrogen) atoms. The lowest BCUT2D eigenvalue weighted by molar-refractivity contribution is -0.141. The van der Waals surface area contributed by atoms with Crippen molar-refractivity contribution >= 4 is 17.9 Å². The summed E-state index contributed by atoms with van der Waals surface area (Å²) >= 11 is 0. The summed E-state index contributed by atoms with van der Waals surface area (Å²) in [6.07, 6.45) is 4.53. The van der Waals surface area contributed by atoms with E-state index in [-0.39, 0.29) is 18.0 Å². The fourth-order valence-electron chi connectivity index (χ4n) is 0.890. The van der Waals surface area contributed by atoms with Crippen LogP contribution in [0.15, 0.2) is 24.3 Å². The van der Waals surface area contributed by atoms with Crippen molar-refractivity contribution in [1.82, 2.24) is 0 Å². The molecule has 0 saturated carbocycles. The Labute approximate surface area is 119 Å². The zero-order valence-corrected chi connectivity index (χ0v) is 12.2. The van der Waals surface area contributed by atoms with Gasteiger partial charge in [0.25, 0.3) is 0 Å². The molecule has 0 aromatic rings.